The van der Waals surface area contributed by atoms with Crippen molar-refractivity contribution in [1.82, 2.24) is 0 Å². The molecule has 22 heavy (non-hydrogen) atoms. The van der Waals surface area contributed by atoms with Crippen LogP contribution in [-0.4, -0.2) is 17.6 Å². The summed E-state index contributed by atoms with van der Waals surface area (Å²) in [5.41, 5.74) is 1.23. The van der Waals surface area contributed by atoms with Gasteiger partial charge in [0, 0.05) is 18.5 Å². The highest BCUT2D eigenvalue weighted by atomic mass is 19.4. The first-order chi connectivity index (χ1) is 10.4. The van der Waals surface area contributed by atoms with Crippen LogP contribution >= 0.6 is 0 Å². The van der Waals surface area contributed by atoms with Gasteiger partial charge in [0.15, 0.2) is 0 Å². The summed E-state index contributed by atoms with van der Waals surface area (Å²) in [7, 11) is 0. The monoisotopic (exact) mass is 313 g/mol. The Morgan fingerprint density at radius 1 is 1.27 bits per heavy atom. The number of hydrogen-bond acceptors (Lipinski definition) is 4. The Balaban J connectivity index is 1.87. The van der Waals surface area contributed by atoms with Crippen LogP contribution in [0.4, 0.5) is 18.9 Å². The van der Waals surface area contributed by atoms with Gasteiger partial charge in [0.1, 0.15) is 11.5 Å². The highest BCUT2D eigenvalue weighted by Crippen LogP contribution is 2.34. The molecule has 0 fully saturated rings. The Bertz CT molecular complexity index is 640. The van der Waals surface area contributed by atoms with Crippen molar-refractivity contribution in [2.24, 2.45) is 0 Å². The van der Waals surface area contributed by atoms with E-state index in [-0.39, 0.29) is 18.2 Å². The normalized spacial score (nSPS) is 21.6. The maximum Gasteiger partial charge on any atom is 0.573 e. The van der Waals surface area contributed by atoms with Gasteiger partial charge in [0.2, 0.25) is 0 Å². The first kappa shape index (κ1) is 14.8. The molecule has 0 bridgehead atoms. The quantitative estimate of drug-likeness (QED) is 0.889. The number of furan rings is 1. The minimum Gasteiger partial charge on any atom is -0.467 e. The minimum atomic E-state index is -4.73. The molecule has 0 spiro atoms. The second kappa shape index (κ2) is 5.57. The lowest BCUT2D eigenvalue weighted by Crippen LogP contribution is -2.17. The summed E-state index contributed by atoms with van der Waals surface area (Å²) >= 11 is 0. The van der Waals surface area contributed by atoms with Crippen LogP contribution in [-0.2, 0) is 6.42 Å². The topological polar surface area (TPSA) is 54.6 Å². The first-order valence-electron chi connectivity index (χ1n) is 6.77. The van der Waals surface area contributed by atoms with E-state index < -0.39 is 12.5 Å². The zero-order valence-electron chi connectivity index (χ0n) is 11.4. The van der Waals surface area contributed by atoms with Crippen molar-refractivity contribution >= 4 is 5.69 Å². The van der Waals surface area contributed by atoms with Gasteiger partial charge < -0.3 is 19.6 Å². The van der Waals surface area contributed by atoms with E-state index in [9.17, 15) is 18.3 Å². The average Bonchev–Trinajstić information content (AvgIpc) is 2.87. The second-order valence-corrected chi connectivity index (χ2v) is 5.17. The van der Waals surface area contributed by atoms with Crippen molar-refractivity contribution in [3.8, 4) is 5.75 Å². The van der Waals surface area contributed by atoms with Crippen LogP contribution in [0.1, 0.15) is 23.8 Å². The molecule has 0 aliphatic carbocycles. The highest BCUT2D eigenvalue weighted by Gasteiger charge is 2.32. The SMILES string of the molecule is O[C@@H]1Cc2cc(OC(F)(F)F)ccc2N[C@H](c2ccco2)C1. The highest BCUT2D eigenvalue weighted by molar-refractivity contribution is 5.56. The van der Waals surface area contributed by atoms with Gasteiger partial charge in [-0.15, -0.1) is 13.2 Å². The van der Waals surface area contributed by atoms with E-state index in [4.69, 9.17) is 4.42 Å². The van der Waals surface area contributed by atoms with Crippen LogP contribution in [0.3, 0.4) is 0 Å². The number of aliphatic hydroxyl groups excluding tert-OH is 1. The molecule has 0 amide bonds. The Hall–Kier alpha value is -2.15. The minimum absolute atomic E-state index is 0.236. The molecule has 7 heteroatoms. The molecule has 118 valence electrons. The standard InChI is InChI=1S/C15H14F3NO3/c16-15(17,18)22-11-3-4-12-9(7-11)6-10(20)8-13(19-12)14-2-1-5-21-14/h1-5,7,10,13,19-20H,6,8H2/t10-,13+/m1/s1. The predicted octanol–water partition coefficient (Wildman–Crippen LogP) is 3.64. The zero-order valence-corrected chi connectivity index (χ0v) is 11.4. The molecule has 2 heterocycles. The van der Waals surface area contributed by atoms with Gasteiger partial charge in [0.05, 0.1) is 18.4 Å². The number of alkyl halides is 3. The van der Waals surface area contributed by atoms with Gasteiger partial charge in [-0.25, -0.2) is 0 Å². The van der Waals surface area contributed by atoms with Crippen LogP contribution in [0, 0.1) is 0 Å². The number of anilines is 1. The van der Waals surface area contributed by atoms with Gasteiger partial charge in [-0.3, -0.25) is 0 Å². The third kappa shape index (κ3) is 3.36. The summed E-state index contributed by atoms with van der Waals surface area (Å²) in [6.07, 6.45) is -3.24. The fourth-order valence-corrected chi connectivity index (χ4v) is 2.61. The Morgan fingerprint density at radius 2 is 2.09 bits per heavy atom. The van der Waals surface area contributed by atoms with Crippen molar-refractivity contribution in [3.05, 3.63) is 47.9 Å². The summed E-state index contributed by atoms with van der Waals surface area (Å²) in [5.74, 6) is 0.374. The number of rotatable bonds is 2. The van der Waals surface area contributed by atoms with Crippen molar-refractivity contribution in [2.45, 2.75) is 31.3 Å². The van der Waals surface area contributed by atoms with E-state index >= 15 is 0 Å². The molecule has 2 aromatic rings. The van der Waals surface area contributed by atoms with E-state index in [1.807, 2.05) is 0 Å². The van der Waals surface area contributed by atoms with Gasteiger partial charge in [-0.05, 0) is 35.9 Å². The molecule has 3 rings (SSSR count). The summed E-state index contributed by atoms with van der Waals surface area (Å²) < 4.78 is 46.1. The molecule has 0 radical (unpaired) electrons. The van der Waals surface area contributed by atoms with Crippen LogP contribution in [0.15, 0.2) is 41.0 Å². The fraction of sp³-hybridized carbons (Fsp3) is 0.333. The summed E-state index contributed by atoms with van der Waals surface area (Å²) in [6.45, 7) is 0. The van der Waals surface area contributed by atoms with Crippen molar-refractivity contribution < 1.29 is 27.4 Å². The molecule has 1 aliphatic rings. The smallest absolute Gasteiger partial charge is 0.467 e. The maximum atomic E-state index is 12.3. The van der Waals surface area contributed by atoms with E-state index in [1.165, 1.54) is 24.5 Å². The third-order valence-electron chi connectivity index (χ3n) is 3.49. The van der Waals surface area contributed by atoms with E-state index in [2.05, 4.69) is 10.1 Å². The van der Waals surface area contributed by atoms with E-state index in [1.54, 1.807) is 12.1 Å². The number of benzene rings is 1. The molecule has 4 nitrogen and oxygen atoms in total. The number of hydrogen-bond donors (Lipinski definition) is 2. The second-order valence-electron chi connectivity index (χ2n) is 5.17. The van der Waals surface area contributed by atoms with Crippen LogP contribution in [0.2, 0.25) is 0 Å². The van der Waals surface area contributed by atoms with E-state index in [0.29, 0.717) is 23.4 Å². The van der Waals surface area contributed by atoms with Crippen molar-refractivity contribution in [1.29, 1.82) is 0 Å². The molecule has 1 aromatic carbocycles. The van der Waals surface area contributed by atoms with Crippen LogP contribution in [0.25, 0.3) is 0 Å². The number of aliphatic hydroxyl groups is 1. The third-order valence-corrected chi connectivity index (χ3v) is 3.49. The fourth-order valence-electron chi connectivity index (χ4n) is 2.61. The van der Waals surface area contributed by atoms with Crippen LogP contribution in [0.5, 0.6) is 5.75 Å². The largest absolute Gasteiger partial charge is 0.573 e. The number of fused-ring (bicyclic) bond motifs is 1. The number of nitrogens with one attached hydrogen (secondary N) is 1. The molecule has 0 unspecified atom stereocenters. The predicted molar refractivity (Wildman–Crippen MR) is 72.5 cm³/mol. The average molecular weight is 313 g/mol. The molecule has 2 N–H and O–H groups in total. The molecule has 2 atom stereocenters. The molecular formula is C15H14F3NO3. The van der Waals surface area contributed by atoms with Crippen molar-refractivity contribution in [2.75, 3.05) is 5.32 Å². The van der Waals surface area contributed by atoms with Crippen LogP contribution < -0.4 is 10.1 Å². The van der Waals surface area contributed by atoms with Gasteiger partial charge >= 0.3 is 6.36 Å². The number of halogens is 3. The number of ether oxygens (including phenoxy) is 1. The summed E-state index contributed by atoms with van der Waals surface area (Å²) in [4.78, 5) is 0. The Kier molecular flexibility index (Phi) is 3.74. The molecule has 1 aliphatic heterocycles. The molecule has 1 aromatic heterocycles. The Labute approximate surface area is 124 Å². The molecule has 0 saturated carbocycles. The lowest BCUT2D eigenvalue weighted by atomic mass is 10.0. The molecule has 0 saturated heterocycles. The van der Waals surface area contributed by atoms with Crippen molar-refractivity contribution in [3.63, 3.8) is 0 Å². The molecular weight excluding hydrogens is 299 g/mol. The van der Waals surface area contributed by atoms with E-state index in [0.717, 1.165) is 0 Å². The first-order valence-corrected chi connectivity index (χ1v) is 6.77. The zero-order chi connectivity index (χ0) is 15.7. The summed E-state index contributed by atoms with van der Waals surface area (Å²) in [6, 6.07) is 7.36. The Morgan fingerprint density at radius 3 is 2.77 bits per heavy atom. The van der Waals surface area contributed by atoms with Gasteiger partial charge in [0.25, 0.3) is 0 Å². The van der Waals surface area contributed by atoms with Gasteiger partial charge in [-0.1, -0.05) is 0 Å². The lowest BCUT2D eigenvalue weighted by Gasteiger charge is -2.17. The van der Waals surface area contributed by atoms with Gasteiger partial charge in [-0.2, -0.15) is 0 Å². The summed E-state index contributed by atoms with van der Waals surface area (Å²) in [5, 5.41) is 13.3. The lowest BCUT2D eigenvalue weighted by molar-refractivity contribution is -0.274. The maximum absolute atomic E-state index is 12.3.